The van der Waals surface area contributed by atoms with Crippen molar-refractivity contribution in [2.24, 2.45) is 0 Å². The molecule has 0 aliphatic heterocycles. The molecule has 2 aromatic carbocycles. The minimum absolute atomic E-state index is 0.116. The van der Waals surface area contributed by atoms with Crippen molar-refractivity contribution >= 4 is 29.1 Å². The highest BCUT2D eigenvalue weighted by Crippen LogP contribution is 2.41. The quantitative estimate of drug-likeness (QED) is 0.880. The van der Waals surface area contributed by atoms with Gasteiger partial charge in [0.15, 0.2) is 0 Å². The van der Waals surface area contributed by atoms with E-state index in [1.54, 1.807) is 12.1 Å². The van der Waals surface area contributed by atoms with Crippen LogP contribution in [0, 0.1) is 6.92 Å². The Morgan fingerprint density at radius 2 is 2.00 bits per heavy atom. The Morgan fingerprint density at radius 3 is 2.71 bits per heavy atom. The van der Waals surface area contributed by atoms with Crippen molar-refractivity contribution in [1.82, 2.24) is 5.32 Å². The molecule has 0 bridgehead atoms. The van der Waals surface area contributed by atoms with Gasteiger partial charge >= 0.3 is 0 Å². The Hall–Kier alpha value is -1.51. The van der Waals surface area contributed by atoms with Crippen molar-refractivity contribution in [3.63, 3.8) is 0 Å². The second kappa shape index (κ2) is 5.70. The topological polar surface area (TPSA) is 29.1 Å². The summed E-state index contributed by atoms with van der Waals surface area (Å²) in [6.45, 7) is 1.95. The lowest BCUT2D eigenvalue weighted by Crippen LogP contribution is -2.26. The Morgan fingerprint density at radius 1 is 1.19 bits per heavy atom. The average molecular weight is 320 g/mol. The zero-order chi connectivity index (χ0) is 15.0. The summed E-state index contributed by atoms with van der Waals surface area (Å²) < 4.78 is 0. The predicted molar refractivity (Wildman–Crippen MR) is 86.3 cm³/mol. The summed E-state index contributed by atoms with van der Waals surface area (Å²) in [6.07, 6.45) is 0.940. The first-order valence-corrected chi connectivity index (χ1v) is 7.62. The average Bonchev–Trinajstić information content (AvgIpc) is 3.17. The number of hydrogen-bond donors (Lipinski definition) is 1. The van der Waals surface area contributed by atoms with Gasteiger partial charge in [-0.25, -0.2) is 0 Å². The van der Waals surface area contributed by atoms with Gasteiger partial charge in [-0.05, 0) is 48.7 Å². The maximum atomic E-state index is 12.2. The normalized spacial score (nSPS) is 20.1. The van der Waals surface area contributed by atoms with Gasteiger partial charge in [-0.3, -0.25) is 4.79 Å². The minimum atomic E-state index is -0.116. The van der Waals surface area contributed by atoms with E-state index in [1.165, 1.54) is 5.56 Å². The summed E-state index contributed by atoms with van der Waals surface area (Å²) in [5, 5.41) is 4.25. The summed E-state index contributed by atoms with van der Waals surface area (Å²) in [6, 6.07) is 13.4. The van der Waals surface area contributed by atoms with Crippen LogP contribution < -0.4 is 5.32 Å². The number of amides is 1. The molecule has 1 aliphatic carbocycles. The van der Waals surface area contributed by atoms with Crippen LogP contribution in [0.25, 0.3) is 0 Å². The highest BCUT2D eigenvalue weighted by Gasteiger charge is 2.39. The Bertz CT molecular complexity index is 699. The molecule has 4 heteroatoms. The van der Waals surface area contributed by atoms with E-state index in [0.717, 1.165) is 17.0 Å². The van der Waals surface area contributed by atoms with Gasteiger partial charge in [-0.2, -0.15) is 0 Å². The number of halogens is 2. The standard InChI is InChI=1S/C17H15Cl2NO/c1-10-5-6-13(15(19)7-10)17(21)20-16-9-14(16)11-3-2-4-12(18)8-11/h2-8,14,16H,9H2,1H3,(H,20,21)/t14-,16+/m0/s1. The maximum Gasteiger partial charge on any atom is 0.253 e. The third kappa shape index (κ3) is 3.22. The molecule has 2 nitrogen and oxygen atoms in total. The minimum Gasteiger partial charge on any atom is -0.349 e. The molecule has 21 heavy (non-hydrogen) atoms. The van der Waals surface area contributed by atoms with E-state index >= 15 is 0 Å². The number of carbonyl (C=O) groups excluding carboxylic acids is 1. The van der Waals surface area contributed by atoms with E-state index in [4.69, 9.17) is 23.2 Å². The van der Waals surface area contributed by atoms with E-state index in [9.17, 15) is 4.79 Å². The molecular weight excluding hydrogens is 305 g/mol. The van der Waals surface area contributed by atoms with E-state index in [1.807, 2.05) is 37.3 Å². The lowest BCUT2D eigenvalue weighted by molar-refractivity contribution is 0.0950. The Kier molecular flexibility index (Phi) is 3.92. The van der Waals surface area contributed by atoms with Crippen molar-refractivity contribution < 1.29 is 4.79 Å². The van der Waals surface area contributed by atoms with Crippen LogP contribution in [0.15, 0.2) is 42.5 Å². The summed E-state index contributed by atoms with van der Waals surface area (Å²) in [7, 11) is 0. The summed E-state index contributed by atoms with van der Waals surface area (Å²) in [4.78, 5) is 12.2. The number of hydrogen-bond acceptors (Lipinski definition) is 1. The van der Waals surface area contributed by atoms with Gasteiger partial charge in [0, 0.05) is 17.0 Å². The van der Waals surface area contributed by atoms with Crippen LogP contribution >= 0.6 is 23.2 Å². The zero-order valence-electron chi connectivity index (χ0n) is 11.6. The molecule has 0 radical (unpaired) electrons. The Labute approximate surface area is 134 Å². The first-order valence-electron chi connectivity index (χ1n) is 6.87. The highest BCUT2D eigenvalue weighted by molar-refractivity contribution is 6.34. The third-order valence-corrected chi connectivity index (χ3v) is 4.30. The van der Waals surface area contributed by atoms with Gasteiger partial charge < -0.3 is 5.32 Å². The molecular formula is C17H15Cl2NO. The Balaban J connectivity index is 1.67. The zero-order valence-corrected chi connectivity index (χ0v) is 13.1. The van der Waals surface area contributed by atoms with Crippen LogP contribution in [-0.2, 0) is 0 Å². The summed E-state index contributed by atoms with van der Waals surface area (Å²) in [5.74, 6) is 0.228. The van der Waals surface area contributed by atoms with E-state index < -0.39 is 0 Å². The lowest BCUT2D eigenvalue weighted by atomic mass is 10.1. The van der Waals surface area contributed by atoms with Crippen molar-refractivity contribution in [3.8, 4) is 0 Å². The summed E-state index contributed by atoms with van der Waals surface area (Å²) in [5.41, 5.74) is 2.74. The third-order valence-electron chi connectivity index (χ3n) is 3.75. The molecule has 1 amide bonds. The van der Waals surface area contributed by atoms with Crippen molar-refractivity contribution in [2.75, 3.05) is 0 Å². The largest absolute Gasteiger partial charge is 0.349 e. The second-order valence-corrected chi connectivity index (χ2v) is 6.30. The predicted octanol–water partition coefficient (Wildman–Crippen LogP) is 4.59. The molecule has 1 aliphatic rings. The van der Waals surface area contributed by atoms with Crippen LogP contribution in [0.4, 0.5) is 0 Å². The number of nitrogens with one attached hydrogen (secondary N) is 1. The molecule has 0 aromatic heterocycles. The SMILES string of the molecule is Cc1ccc(C(=O)N[C@@H]2C[C@H]2c2cccc(Cl)c2)c(Cl)c1. The first-order chi connectivity index (χ1) is 10.0. The molecule has 0 unspecified atom stereocenters. The monoisotopic (exact) mass is 319 g/mol. The van der Waals surface area contributed by atoms with E-state index in [0.29, 0.717) is 16.5 Å². The van der Waals surface area contributed by atoms with Crippen LogP contribution in [0.1, 0.15) is 33.8 Å². The second-order valence-electron chi connectivity index (χ2n) is 5.46. The fourth-order valence-corrected chi connectivity index (χ4v) is 3.03. The van der Waals surface area contributed by atoms with Gasteiger partial charge in [0.25, 0.3) is 5.91 Å². The summed E-state index contributed by atoms with van der Waals surface area (Å²) >= 11 is 12.1. The van der Waals surface area contributed by atoms with E-state index in [2.05, 4.69) is 5.32 Å². The van der Waals surface area contributed by atoms with Crippen molar-refractivity contribution in [2.45, 2.75) is 25.3 Å². The molecule has 3 rings (SSSR count). The molecule has 1 saturated carbocycles. The van der Waals surface area contributed by atoms with Crippen LogP contribution in [0.3, 0.4) is 0 Å². The molecule has 108 valence electrons. The first kappa shape index (κ1) is 14.4. The van der Waals surface area contributed by atoms with E-state index in [-0.39, 0.29) is 11.9 Å². The molecule has 1 fully saturated rings. The van der Waals surface area contributed by atoms with Gasteiger partial charge in [-0.15, -0.1) is 0 Å². The molecule has 0 spiro atoms. The molecule has 0 heterocycles. The number of aryl methyl sites for hydroxylation is 1. The van der Waals surface area contributed by atoms with Crippen LogP contribution in [0.2, 0.25) is 10.0 Å². The number of benzene rings is 2. The number of carbonyl (C=O) groups is 1. The van der Waals surface area contributed by atoms with Crippen LogP contribution in [-0.4, -0.2) is 11.9 Å². The van der Waals surface area contributed by atoms with Crippen LogP contribution in [0.5, 0.6) is 0 Å². The number of rotatable bonds is 3. The van der Waals surface area contributed by atoms with Gasteiger partial charge in [0.05, 0.1) is 10.6 Å². The fourth-order valence-electron chi connectivity index (χ4n) is 2.51. The van der Waals surface area contributed by atoms with Crippen molar-refractivity contribution in [1.29, 1.82) is 0 Å². The molecule has 1 N–H and O–H groups in total. The van der Waals surface area contributed by atoms with Gasteiger partial charge in [0.2, 0.25) is 0 Å². The van der Waals surface area contributed by atoms with Gasteiger partial charge in [0.1, 0.15) is 0 Å². The smallest absolute Gasteiger partial charge is 0.253 e. The molecule has 0 saturated heterocycles. The molecule has 2 aromatic rings. The van der Waals surface area contributed by atoms with Crippen molar-refractivity contribution in [3.05, 3.63) is 69.2 Å². The van der Waals surface area contributed by atoms with Gasteiger partial charge in [-0.1, -0.05) is 41.4 Å². The fraction of sp³-hybridized carbons (Fsp3) is 0.235. The highest BCUT2D eigenvalue weighted by atomic mass is 35.5. The lowest BCUT2D eigenvalue weighted by Gasteiger charge is -2.07. The molecule has 2 atom stereocenters. The maximum absolute atomic E-state index is 12.2.